The van der Waals surface area contributed by atoms with Gasteiger partial charge in [-0.15, -0.1) is 0 Å². The van der Waals surface area contributed by atoms with Crippen molar-refractivity contribution >= 4 is 17.4 Å². The maximum absolute atomic E-state index is 12.7. The fraction of sp³-hybridized carbons (Fsp3) is 0.474. The fourth-order valence-corrected chi connectivity index (χ4v) is 3.48. The molecule has 4 nitrogen and oxygen atoms in total. The maximum Gasteiger partial charge on any atom is 0.167 e. The van der Waals surface area contributed by atoms with Crippen LogP contribution in [-0.4, -0.2) is 34.0 Å². The minimum absolute atomic E-state index is 0.0460. The lowest BCUT2D eigenvalue weighted by atomic mass is 9.90. The Kier molecular flexibility index (Phi) is 5.36. The lowest BCUT2D eigenvalue weighted by molar-refractivity contribution is 0.0810. The van der Waals surface area contributed by atoms with E-state index in [0.717, 1.165) is 49.4 Å². The molecule has 2 aromatic rings. The number of Topliss-reactive ketones (excluding diaryl/α,β-unsaturated/α-hetero) is 1. The number of nitrogens with zero attached hydrogens (tertiary/aromatic N) is 2. The Hall–Kier alpha value is -1.65. The van der Waals surface area contributed by atoms with Crippen molar-refractivity contribution in [3.63, 3.8) is 0 Å². The monoisotopic (exact) mass is 345 g/mol. The molecule has 3 rings (SSSR count). The Morgan fingerprint density at radius 2 is 2.25 bits per heavy atom. The summed E-state index contributed by atoms with van der Waals surface area (Å²) in [6.45, 7) is 6.91. The Morgan fingerprint density at radius 1 is 1.42 bits per heavy atom. The number of H-pyrrole nitrogens is 1. The van der Waals surface area contributed by atoms with Crippen molar-refractivity contribution in [3.8, 4) is 0 Å². The van der Waals surface area contributed by atoms with Crippen LogP contribution < -0.4 is 0 Å². The second kappa shape index (κ2) is 7.49. The van der Waals surface area contributed by atoms with Gasteiger partial charge in [-0.3, -0.25) is 14.8 Å². The predicted molar refractivity (Wildman–Crippen MR) is 96.5 cm³/mol. The first-order valence-electron chi connectivity index (χ1n) is 8.59. The van der Waals surface area contributed by atoms with Gasteiger partial charge in [-0.05, 0) is 43.5 Å². The van der Waals surface area contributed by atoms with Gasteiger partial charge in [0, 0.05) is 35.3 Å². The molecule has 1 aromatic carbocycles. The number of benzene rings is 1. The summed E-state index contributed by atoms with van der Waals surface area (Å²) in [7, 11) is 0. The third-order valence-corrected chi connectivity index (χ3v) is 4.86. The summed E-state index contributed by atoms with van der Waals surface area (Å²) in [5, 5.41) is 8.10. The van der Waals surface area contributed by atoms with Crippen LogP contribution in [0.2, 0.25) is 5.02 Å². The lowest BCUT2D eigenvalue weighted by Gasteiger charge is -2.31. The molecule has 5 heteroatoms. The van der Waals surface area contributed by atoms with Crippen LogP contribution in [0.15, 0.2) is 30.3 Å². The second-order valence-corrected chi connectivity index (χ2v) is 7.36. The molecule has 1 aromatic heterocycles. The van der Waals surface area contributed by atoms with E-state index in [1.54, 1.807) is 12.1 Å². The van der Waals surface area contributed by atoms with Crippen LogP contribution in [-0.2, 0) is 6.54 Å². The minimum atomic E-state index is 0.0460. The number of hydrogen-bond acceptors (Lipinski definition) is 3. The molecule has 24 heavy (non-hydrogen) atoms. The molecule has 0 aliphatic carbocycles. The summed E-state index contributed by atoms with van der Waals surface area (Å²) in [4.78, 5) is 15.1. The zero-order valence-electron chi connectivity index (χ0n) is 14.3. The minimum Gasteiger partial charge on any atom is -0.297 e. The number of aromatic amines is 1. The first-order chi connectivity index (χ1) is 11.5. The van der Waals surface area contributed by atoms with Gasteiger partial charge in [-0.25, -0.2) is 0 Å². The molecule has 1 aliphatic heterocycles. The number of ketones is 1. The van der Waals surface area contributed by atoms with Crippen molar-refractivity contribution in [2.24, 2.45) is 5.92 Å². The largest absolute Gasteiger partial charge is 0.297 e. The molecule has 1 aliphatic rings. The van der Waals surface area contributed by atoms with E-state index in [-0.39, 0.29) is 11.7 Å². The number of halogens is 1. The molecule has 1 saturated heterocycles. The molecular formula is C19H24ClN3O. The van der Waals surface area contributed by atoms with Crippen molar-refractivity contribution < 1.29 is 4.79 Å². The second-order valence-electron chi connectivity index (χ2n) is 6.92. The summed E-state index contributed by atoms with van der Waals surface area (Å²) in [5.74, 6) is 0.674. The van der Waals surface area contributed by atoms with Gasteiger partial charge in [0.25, 0.3) is 0 Å². The van der Waals surface area contributed by atoms with Gasteiger partial charge >= 0.3 is 0 Å². The molecule has 2 heterocycles. The molecule has 1 unspecified atom stereocenters. The predicted octanol–water partition coefficient (Wildman–Crippen LogP) is 4.28. The van der Waals surface area contributed by atoms with Gasteiger partial charge in [0.2, 0.25) is 0 Å². The van der Waals surface area contributed by atoms with Crippen LogP contribution in [0, 0.1) is 5.92 Å². The Balaban J connectivity index is 1.64. The van der Waals surface area contributed by atoms with Crippen LogP contribution in [0.25, 0.3) is 0 Å². The smallest absolute Gasteiger partial charge is 0.167 e. The summed E-state index contributed by atoms with van der Waals surface area (Å²) in [6, 6.07) is 9.40. The molecule has 0 saturated carbocycles. The number of carbonyl (C=O) groups excluding carboxylic acids is 1. The molecule has 0 bridgehead atoms. The molecule has 0 spiro atoms. The molecule has 1 fully saturated rings. The van der Waals surface area contributed by atoms with Crippen molar-refractivity contribution in [3.05, 3.63) is 52.3 Å². The highest BCUT2D eigenvalue weighted by Gasteiger charge is 2.27. The van der Waals surface area contributed by atoms with Gasteiger partial charge in [0.1, 0.15) is 0 Å². The number of piperidine rings is 1. The van der Waals surface area contributed by atoms with E-state index in [1.807, 2.05) is 12.1 Å². The normalized spacial score (nSPS) is 18.9. The first kappa shape index (κ1) is 17.2. The SMILES string of the molecule is CC(C)c1cc(CN2CCCC(C(=O)c3cccc(Cl)c3)C2)[nH]n1. The van der Waals surface area contributed by atoms with Gasteiger partial charge in [0.15, 0.2) is 5.78 Å². The highest BCUT2D eigenvalue weighted by atomic mass is 35.5. The van der Waals surface area contributed by atoms with Crippen molar-refractivity contribution in [1.29, 1.82) is 0 Å². The number of aromatic nitrogens is 2. The van der Waals surface area contributed by atoms with E-state index in [0.29, 0.717) is 10.9 Å². The lowest BCUT2D eigenvalue weighted by Crippen LogP contribution is -2.38. The average molecular weight is 346 g/mol. The van der Waals surface area contributed by atoms with Gasteiger partial charge in [-0.2, -0.15) is 5.10 Å². The summed E-state index contributed by atoms with van der Waals surface area (Å²) < 4.78 is 0. The van der Waals surface area contributed by atoms with Crippen LogP contribution in [0.1, 0.15) is 54.4 Å². The summed E-state index contributed by atoms with van der Waals surface area (Å²) >= 11 is 6.02. The van der Waals surface area contributed by atoms with E-state index in [9.17, 15) is 4.79 Å². The zero-order valence-corrected chi connectivity index (χ0v) is 15.0. The van der Waals surface area contributed by atoms with Gasteiger partial charge < -0.3 is 0 Å². The molecule has 1 atom stereocenters. The number of nitrogens with one attached hydrogen (secondary N) is 1. The van der Waals surface area contributed by atoms with E-state index >= 15 is 0 Å². The first-order valence-corrected chi connectivity index (χ1v) is 8.97. The van der Waals surface area contributed by atoms with Crippen LogP contribution >= 0.6 is 11.6 Å². The third kappa shape index (κ3) is 4.05. The zero-order chi connectivity index (χ0) is 17.1. The quantitative estimate of drug-likeness (QED) is 0.823. The van der Waals surface area contributed by atoms with Crippen LogP contribution in [0.5, 0.6) is 0 Å². The van der Waals surface area contributed by atoms with E-state index in [1.165, 1.54) is 0 Å². The van der Waals surface area contributed by atoms with Crippen molar-refractivity contribution in [1.82, 2.24) is 15.1 Å². The molecule has 0 radical (unpaired) electrons. The topological polar surface area (TPSA) is 49.0 Å². The number of carbonyl (C=O) groups is 1. The molecule has 1 N–H and O–H groups in total. The Bertz CT molecular complexity index is 710. The fourth-order valence-electron chi connectivity index (χ4n) is 3.29. The van der Waals surface area contributed by atoms with Crippen LogP contribution in [0.3, 0.4) is 0 Å². The third-order valence-electron chi connectivity index (χ3n) is 4.62. The standard InChI is InChI=1S/C19H24ClN3O/c1-13(2)18-10-17(21-22-18)12-23-8-4-6-15(11-23)19(24)14-5-3-7-16(20)9-14/h3,5,7,9-10,13,15H,4,6,8,11-12H2,1-2H3,(H,21,22). The number of likely N-dealkylation sites (tertiary alicyclic amines) is 1. The van der Waals surface area contributed by atoms with Crippen LogP contribution in [0.4, 0.5) is 0 Å². The van der Waals surface area contributed by atoms with Gasteiger partial charge in [-0.1, -0.05) is 37.6 Å². The van der Waals surface area contributed by atoms with E-state index < -0.39 is 0 Å². The highest BCUT2D eigenvalue weighted by Crippen LogP contribution is 2.24. The van der Waals surface area contributed by atoms with E-state index in [4.69, 9.17) is 11.6 Å². The molecule has 128 valence electrons. The molecular weight excluding hydrogens is 322 g/mol. The van der Waals surface area contributed by atoms with Crippen molar-refractivity contribution in [2.75, 3.05) is 13.1 Å². The molecule has 0 amide bonds. The van der Waals surface area contributed by atoms with Gasteiger partial charge in [0.05, 0.1) is 5.69 Å². The average Bonchev–Trinajstić information content (AvgIpc) is 3.03. The Labute approximate surface area is 148 Å². The maximum atomic E-state index is 12.7. The summed E-state index contributed by atoms with van der Waals surface area (Å²) in [6.07, 6.45) is 1.99. The summed E-state index contributed by atoms with van der Waals surface area (Å²) in [5.41, 5.74) is 2.93. The van der Waals surface area contributed by atoms with Crippen molar-refractivity contribution in [2.45, 2.75) is 39.2 Å². The van der Waals surface area contributed by atoms with E-state index in [2.05, 4.69) is 35.0 Å². The Morgan fingerprint density at radius 3 is 2.96 bits per heavy atom. The number of rotatable bonds is 5. The highest BCUT2D eigenvalue weighted by molar-refractivity contribution is 6.31. The number of hydrogen-bond donors (Lipinski definition) is 1.